The fraction of sp³-hybridized carbons (Fsp3) is 0.192. The molecule has 0 fully saturated rings. The van der Waals surface area contributed by atoms with E-state index < -0.39 is 0 Å². The Morgan fingerprint density at radius 1 is 1.09 bits per heavy atom. The normalized spacial score (nSPS) is 11.8. The Morgan fingerprint density at radius 3 is 2.52 bits per heavy atom. The molecule has 4 rings (SSSR count). The molecular weight excluding hydrogens is 414 g/mol. The molecular formula is C26H27N5O2. The first-order valence-electron chi connectivity index (χ1n) is 10.7. The molecule has 4 aromatic rings. The van der Waals surface area contributed by atoms with E-state index >= 15 is 0 Å². The Balaban J connectivity index is 1.77. The van der Waals surface area contributed by atoms with Crippen molar-refractivity contribution in [3.8, 4) is 5.88 Å². The summed E-state index contributed by atoms with van der Waals surface area (Å²) in [6, 6.07) is 17.2. The molecule has 168 valence electrons. The number of H-pyrrole nitrogens is 1. The van der Waals surface area contributed by atoms with E-state index in [1.165, 1.54) is 0 Å². The van der Waals surface area contributed by atoms with Crippen molar-refractivity contribution in [2.75, 3.05) is 32.6 Å². The SMILES string of the molecule is Cc1ccc2c(C(=Nc3ccc(N(C)C(=O)CN(C)C)cc3)c3cccnc3)c(O)[nH]c2c1. The van der Waals surface area contributed by atoms with Gasteiger partial charge in [-0.2, -0.15) is 0 Å². The number of likely N-dealkylation sites (N-methyl/N-ethyl adjacent to an activating group) is 2. The largest absolute Gasteiger partial charge is 0.494 e. The van der Waals surface area contributed by atoms with Crippen molar-refractivity contribution >= 4 is 33.9 Å². The van der Waals surface area contributed by atoms with Gasteiger partial charge in [-0.3, -0.25) is 9.78 Å². The number of carbonyl (C=O) groups is 1. The number of aromatic nitrogens is 2. The monoisotopic (exact) mass is 441 g/mol. The standard InChI is InChI=1S/C26H27N5O2/c1-17-7-12-21-22(14-17)29-26(33)24(21)25(18-6-5-13-27-15-18)28-19-8-10-20(11-9-19)31(4)23(32)16-30(2)3/h5-15,29,33H,16H2,1-4H3. The molecule has 0 spiro atoms. The van der Waals surface area contributed by atoms with Crippen molar-refractivity contribution in [3.63, 3.8) is 0 Å². The number of anilines is 1. The number of rotatable bonds is 6. The molecule has 7 heteroatoms. The number of nitrogens with zero attached hydrogens (tertiary/aromatic N) is 4. The molecule has 1 amide bonds. The topological polar surface area (TPSA) is 84.8 Å². The third kappa shape index (κ3) is 4.78. The lowest BCUT2D eigenvalue weighted by molar-refractivity contribution is -0.118. The van der Waals surface area contributed by atoms with Crippen LogP contribution in [-0.2, 0) is 4.79 Å². The molecule has 7 nitrogen and oxygen atoms in total. The molecule has 0 aliphatic rings. The molecule has 0 aliphatic carbocycles. The maximum absolute atomic E-state index is 12.4. The van der Waals surface area contributed by atoms with E-state index in [0.29, 0.717) is 23.5 Å². The zero-order valence-corrected chi connectivity index (χ0v) is 19.2. The van der Waals surface area contributed by atoms with E-state index in [2.05, 4.69) is 9.97 Å². The summed E-state index contributed by atoms with van der Waals surface area (Å²) in [6.45, 7) is 2.34. The molecule has 33 heavy (non-hydrogen) atoms. The number of aromatic amines is 1. The first-order chi connectivity index (χ1) is 15.8. The van der Waals surface area contributed by atoms with E-state index in [1.807, 2.05) is 80.5 Å². The Hall–Kier alpha value is -3.97. The van der Waals surface area contributed by atoms with Crippen LogP contribution in [0.25, 0.3) is 10.9 Å². The summed E-state index contributed by atoms with van der Waals surface area (Å²) in [6.07, 6.45) is 3.43. The predicted molar refractivity (Wildman–Crippen MR) is 133 cm³/mol. The van der Waals surface area contributed by atoms with Gasteiger partial charge >= 0.3 is 0 Å². The van der Waals surface area contributed by atoms with Gasteiger partial charge in [-0.1, -0.05) is 12.1 Å². The minimum Gasteiger partial charge on any atom is -0.494 e. The van der Waals surface area contributed by atoms with Crippen molar-refractivity contribution in [2.24, 2.45) is 4.99 Å². The number of aliphatic imine (C=N–C) groups is 1. The highest BCUT2D eigenvalue weighted by Crippen LogP contribution is 2.32. The third-order valence-corrected chi connectivity index (χ3v) is 5.41. The lowest BCUT2D eigenvalue weighted by Gasteiger charge is -2.19. The summed E-state index contributed by atoms with van der Waals surface area (Å²) in [5.41, 5.74) is 5.45. The second-order valence-electron chi connectivity index (χ2n) is 8.31. The van der Waals surface area contributed by atoms with E-state index in [0.717, 1.165) is 27.7 Å². The quantitative estimate of drug-likeness (QED) is 0.438. The number of fused-ring (bicyclic) bond motifs is 1. The van der Waals surface area contributed by atoms with Gasteiger partial charge < -0.3 is 19.9 Å². The molecule has 0 radical (unpaired) electrons. The van der Waals surface area contributed by atoms with E-state index in [1.54, 1.807) is 24.3 Å². The van der Waals surface area contributed by atoms with Gasteiger partial charge in [0.05, 0.1) is 23.5 Å². The number of aromatic hydroxyl groups is 1. The van der Waals surface area contributed by atoms with Crippen molar-refractivity contribution in [3.05, 3.63) is 83.7 Å². The van der Waals surface area contributed by atoms with Gasteiger partial charge in [-0.05, 0) is 69.0 Å². The highest BCUT2D eigenvalue weighted by molar-refractivity contribution is 6.21. The second-order valence-corrected chi connectivity index (χ2v) is 8.31. The van der Waals surface area contributed by atoms with Gasteiger partial charge in [0.15, 0.2) is 5.88 Å². The fourth-order valence-corrected chi connectivity index (χ4v) is 3.70. The van der Waals surface area contributed by atoms with Gasteiger partial charge in [0, 0.05) is 41.6 Å². The van der Waals surface area contributed by atoms with Gasteiger partial charge in [-0.15, -0.1) is 0 Å². The average Bonchev–Trinajstić information content (AvgIpc) is 3.12. The van der Waals surface area contributed by atoms with Crippen LogP contribution >= 0.6 is 0 Å². The summed E-state index contributed by atoms with van der Waals surface area (Å²) in [4.78, 5) is 28.0. The minimum atomic E-state index is 0.00584. The zero-order chi connectivity index (χ0) is 23.5. The third-order valence-electron chi connectivity index (χ3n) is 5.41. The molecule has 0 bridgehead atoms. The predicted octanol–water partition coefficient (Wildman–Crippen LogP) is 4.27. The maximum atomic E-state index is 12.4. The van der Waals surface area contributed by atoms with Crippen LogP contribution in [0.4, 0.5) is 11.4 Å². The summed E-state index contributed by atoms with van der Waals surface area (Å²) in [5.74, 6) is 0.0650. The molecule has 0 saturated carbocycles. The van der Waals surface area contributed by atoms with Gasteiger partial charge in [0.1, 0.15) is 0 Å². The molecule has 2 N–H and O–H groups in total. The highest BCUT2D eigenvalue weighted by atomic mass is 16.3. The molecule has 0 unspecified atom stereocenters. The summed E-state index contributed by atoms with van der Waals surface area (Å²) in [7, 11) is 5.49. The molecule has 0 saturated heterocycles. The Labute approximate surface area is 193 Å². The van der Waals surface area contributed by atoms with Crippen molar-refractivity contribution < 1.29 is 9.90 Å². The van der Waals surface area contributed by atoms with Crippen LogP contribution in [0.2, 0.25) is 0 Å². The molecule has 0 atom stereocenters. The van der Waals surface area contributed by atoms with E-state index in [4.69, 9.17) is 4.99 Å². The van der Waals surface area contributed by atoms with E-state index in [-0.39, 0.29) is 11.8 Å². The Bertz CT molecular complexity index is 1310. The van der Waals surface area contributed by atoms with Crippen molar-refractivity contribution in [1.82, 2.24) is 14.9 Å². The van der Waals surface area contributed by atoms with Gasteiger partial charge in [-0.25, -0.2) is 4.99 Å². The molecule has 0 aliphatic heterocycles. The minimum absolute atomic E-state index is 0.00584. The molecule has 2 aromatic carbocycles. The first kappa shape index (κ1) is 22.2. The maximum Gasteiger partial charge on any atom is 0.240 e. The lowest BCUT2D eigenvalue weighted by atomic mass is 10.0. The average molecular weight is 442 g/mol. The number of carbonyl (C=O) groups excluding carboxylic acids is 1. The van der Waals surface area contributed by atoms with Crippen LogP contribution in [0.5, 0.6) is 5.88 Å². The smallest absolute Gasteiger partial charge is 0.240 e. The summed E-state index contributed by atoms with van der Waals surface area (Å²) < 4.78 is 0. The Morgan fingerprint density at radius 2 is 1.85 bits per heavy atom. The van der Waals surface area contributed by atoms with Crippen LogP contribution < -0.4 is 4.90 Å². The molecule has 2 aromatic heterocycles. The van der Waals surface area contributed by atoms with Crippen LogP contribution in [-0.4, -0.2) is 59.3 Å². The van der Waals surface area contributed by atoms with Crippen molar-refractivity contribution in [1.29, 1.82) is 0 Å². The lowest BCUT2D eigenvalue weighted by Crippen LogP contribution is -2.34. The number of pyridine rings is 1. The molecule has 2 heterocycles. The number of aryl methyl sites for hydroxylation is 1. The van der Waals surface area contributed by atoms with Crippen LogP contribution in [0.3, 0.4) is 0 Å². The van der Waals surface area contributed by atoms with Crippen molar-refractivity contribution in [2.45, 2.75) is 6.92 Å². The second kappa shape index (κ2) is 9.26. The van der Waals surface area contributed by atoms with E-state index in [9.17, 15) is 9.90 Å². The van der Waals surface area contributed by atoms with Crippen LogP contribution in [0, 0.1) is 6.92 Å². The fourth-order valence-electron chi connectivity index (χ4n) is 3.70. The number of benzene rings is 2. The van der Waals surface area contributed by atoms with Crippen LogP contribution in [0.15, 0.2) is 72.0 Å². The van der Waals surface area contributed by atoms with Gasteiger partial charge in [0.25, 0.3) is 0 Å². The number of amides is 1. The summed E-state index contributed by atoms with van der Waals surface area (Å²) in [5, 5.41) is 11.7. The highest BCUT2D eigenvalue weighted by Gasteiger charge is 2.19. The number of hydrogen-bond acceptors (Lipinski definition) is 5. The number of nitrogens with one attached hydrogen (secondary N) is 1. The first-order valence-corrected chi connectivity index (χ1v) is 10.7. The van der Waals surface area contributed by atoms with Gasteiger partial charge in [0.2, 0.25) is 5.91 Å². The Kier molecular flexibility index (Phi) is 6.24. The number of hydrogen-bond donors (Lipinski definition) is 2. The summed E-state index contributed by atoms with van der Waals surface area (Å²) >= 11 is 0. The van der Waals surface area contributed by atoms with Crippen LogP contribution in [0.1, 0.15) is 16.7 Å². The zero-order valence-electron chi connectivity index (χ0n) is 19.2.